The Hall–Kier alpha value is -3.31. The third-order valence-corrected chi connectivity index (χ3v) is 5.81. The van der Waals surface area contributed by atoms with Gasteiger partial charge in [0.2, 0.25) is 11.8 Å². The maximum absolute atomic E-state index is 13.1. The van der Waals surface area contributed by atoms with Crippen molar-refractivity contribution in [3.63, 3.8) is 0 Å². The number of aliphatic hydroxyl groups excluding tert-OH is 1. The third kappa shape index (κ3) is 6.84. The number of aliphatic hydroxyl groups is 1. The second-order valence-corrected chi connectivity index (χ2v) is 8.36. The van der Waals surface area contributed by atoms with Crippen LogP contribution in [0.3, 0.4) is 0 Å². The Kier molecular flexibility index (Phi) is 8.35. The van der Waals surface area contributed by atoms with Gasteiger partial charge in [-0.2, -0.15) is 13.2 Å². The second kappa shape index (κ2) is 11.2. The predicted molar refractivity (Wildman–Crippen MR) is 122 cm³/mol. The van der Waals surface area contributed by atoms with E-state index in [1.54, 1.807) is 0 Å². The first-order valence-corrected chi connectivity index (χ1v) is 11.2. The number of halogens is 3. The third-order valence-electron chi connectivity index (χ3n) is 4.81. The van der Waals surface area contributed by atoms with Gasteiger partial charge in [-0.15, -0.1) is 0 Å². The molecule has 3 N–H and O–H groups in total. The van der Waals surface area contributed by atoms with Crippen molar-refractivity contribution in [2.45, 2.75) is 38.0 Å². The molecule has 0 atom stereocenters. The number of aryl methyl sites for hydroxylation is 1. The van der Waals surface area contributed by atoms with E-state index in [2.05, 4.69) is 15.6 Å². The number of thioether (sulfide) groups is 1. The summed E-state index contributed by atoms with van der Waals surface area (Å²) in [5.74, 6) is -1.22. The van der Waals surface area contributed by atoms with Crippen LogP contribution in [0.15, 0.2) is 59.9 Å². The minimum Gasteiger partial charge on any atom is -0.390 e. The molecule has 34 heavy (non-hydrogen) atoms. The summed E-state index contributed by atoms with van der Waals surface area (Å²) in [5, 5.41) is 14.9. The molecule has 11 heteroatoms. The molecule has 1 heterocycles. The Labute approximate surface area is 198 Å². The van der Waals surface area contributed by atoms with E-state index in [-0.39, 0.29) is 35.7 Å². The van der Waals surface area contributed by atoms with Crippen LogP contribution in [0.25, 0.3) is 0 Å². The number of nitrogens with one attached hydrogen (secondary N) is 2. The van der Waals surface area contributed by atoms with Crippen LogP contribution in [-0.2, 0) is 35.5 Å². The number of hydrogen-bond acceptors (Lipinski definition) is 5. The van der Waals surface area contributed by atoms with E-state index in [0.717, 1.165) is 29.0 Å². The van der Waals surface area contributed by atoms with Gasteiger partial charge in [-0.05, 0) is 24.6 Å². The molecule has 0 radical (unpaired) electrons. The average Bonchev–Trinajstić information content (AvgIpc) is 3.18. The summed E-state index contributed by atoms with van der Waals surface area (Å²) in [4.78, 5) is 28.9. The smallest absolute Gasteiger partial charge is 0.390 e. The number of aromatic nitrogens is 2. The number of nitrogens with zero attached hydrogens (tertiary/aromatic N) is 2. The van der Waals surface area contributed by atoms with E-state index in [1.807, 2.05) is 31.2 Å². The summed E-state index contributed by atoms with van der Waals surface area (Å²) in [6.45, 7) is 1.78. The minimum atomic E-state index is -4.60. The van der Waals surface area contributed by atoms with Gasteiger partial charge in [-0.25, -0.2) is 4.98 Å². The van der Waals surface area contributed by atoms with Gasteiger partial charge in [-0.3, -0.25) is 9.59 Å². The van der Waals surface area contributed by atoms with Crippen LogP contribution >= 0.6 is 11.8 Å². The van der Waals surface area contributed by atoms with E-state index < -0.39 is 17.6 Å². The molecule has 0 bridgehead atoms. The summed E-state index contributed by atoms with van der Waals surface area (Å²) < 4.78 is 40.8. The average molecular weight is 493 g/mol. The van der Waals surface area contributed by atoms with Crippen molar-refractivity contribution in [2.75, 3.05) is 11.1 Å². The number of para-hydroxylation sites is 1. The van der Waals surface area contributed by atoms with Crippen LogP contribution in [-0.4, -0.2) is 32.2 Å². The highest BCUT2D eigenvalue weighted by atomic mass is 32.2. The first-order valence-electron chi connectivity index (χ1n) is 10.2. The SMILES string of the molecule is Cc1ccc(CNC(=O)Cn2c(CO)cnc2SCC(=O)Nc2ccccc2C(F)(F)F)cc1. The monoisotopic (exact) mass is 492 g/mol. The topological polar surface area (TPSA) is 96.2 Å². The fourth-order valence-electron chi connectivity index (χ4n) is 3.06. The highest BCUT2D eigenvalue weighted by Crippen LogP contribution is 2.34. The molecule has 0 spiro atoms. The van der Waals surface area contributed by atoms with Gasteiger partial charge >= 0.3 is 6.18 Å². The number of benzene rings is 2. The highest BCUT2D eigenvalue weighted by Gasteiger charge is 2.33. The number of imidazole rings is 1. The van der Waals surface area contributed by atoms with Crippen molar-refractivity contribution in [1.82, 2.24) is 14.9 Å². The minimum absolute atomic E-state index is 0.136. The first kappa shape index (κ1) is 25.3. The zero-order valence-electron chi connectivity index (χ0n) is 18.2. The lowest BCUT2D eigenvalue weighted by atomic mass is 10.1. The number of carbonyl (C=O) groups excluding carboxylic acids is 2. The molecule has 0 aliphatic rings. The maximum Gasteiger partial charge on any atom is 0.418 e. The van der Waals surface area contributed by atoms with Gasteiger partial charge < -0.3 is 20.3 Å². The molecular weight excluding hydrogens is 469 g/mol. The standard InChI is InChI=1S/C23H23F3N4O3S/c1-15-6-8-16(9-7-15)10-27-20(32)12-30-17(13-31)11-28-22(30)34-14-21(33)29-19-5-3-2-4-18(19)23(24,25)26/h2-9,11,31H,10,12-14H2,1H3,(H,27,32)(H,29,33). The van der Waals surface area contributed by atoms with Crippen LogP contribution in [0.1, 0.15) is 22.4 Å². The largest absolute Gasteiger partial charge is 0.418 e. The molecular formula is C23H23F3N4O3S. The molecule has 0 aliphatic carbocycles. The molecule has 180 valence electrons. The summed E-state index contributed by atoms with van der Waals surface area (Å²) in [6, 6.07) is 12.4. The molecule has 3 rings (SSSR count). The Morgan fingerprint density at radius 3 is 2.47 bits per heavy atom. The van der Waals surface area contributed by atoms with Gasteiger partial charge in [0.05, 0.1) is 35.5 Å². The fourth-order valence-corrected chi connectivity index (χ4v) is 3.86. The fraction of sp³-hybridized carbons (Fsp3) is 0.261. The van der Waals surface area contributed by atoms with E-state index in [9.17, 15) is 27.9 Å². The zero-order chi connectivity index (χ0) is 24.7. The molecule has 2 amide bonds. The molecule has 0 aliphatic heterocycles. The zero-order valence-corrected chi connectivity index (χ0v) is 19.0. The van der Waals surface area contributed by atoms with Crippen LogP contribution in [0.2, 0.25) is 0 Å². The molecule has 0 unspecified atom stereocenters. The lowest BCUT2D eigenvalue weighted by Gasteiger charge is -2.14. The van der Waals surface area contributed by atoms with E-state index >= 15 is 0 Å². The van der Waals surface area contributed by atoms with E-state index in [1.165, 1.54) is 29.0 Å². The Morgan fingerprint density at radius 1 is 1.09 bits per heavy atom. The van der Waals surface area contributed by atoms with Crippen molar-refractivity contribution in [2.24, 2.45) is 0 Å². The summed E-state index contributed by atoms with van der Waals surface area (Å²) in [7, 11) is 0. The Balaban J connectivity index is 1.61. The number of amides is 2. The second-order valence-electron chi connectivity index (χ2n) is 7.42. The Morgan fingerprint density at radius 2 is 1.79 bits per heavy atom. The van der Waals surface area contributed by atoms with E-state index in [0.29, 0.717) is 12.2 Å². The predicted octanol–water partition coefficient (Wildman–Crippen LogP) is 3.75. The number of hydrogen-bond donors (Lipinski definition) is 3. The molecule has 3 aromatic rings. The van der Waals surface area contributed by atoms with Crippen LogP contribution in [0, 0.1) is 6.92 Å². The van der Waals surface area contributed by atoms with Crippen molar-refractivity contribution in [1.29, 1.82) is 0 Å². The van der Waals surface area contributed by atoms with Gasteiger partial charge in [0.15, 0.2) is 5.16 Å². The van der Waals surface area contributed by atoms with Gasteiger partial charge in [0.25, 0.3) is 0 Å². The molecule has 0 saturated heterocycles. The molecule has 0 saturated carbocycles. The van der Waals surface area contributed by atoms with Crippen molar-refractivity contribution in [3.8, 4) is 0 Å². The van der Waals surface area contributed by atoms with E-state index in [4.69, 9.17) is 0 Å². The normalized spacial score (nSPS) is 11.3. The van der Waals surface area contributed by atoms with Crippen LogP contribution in [0.4, 0.5) is 18.9 Å². The van der Waals surface area contributed by atoms with Crippen molar-refractivity contribution in [3.05, 3.63) is 77.1 Å². The molecule has 1 aromatic heterocycles. The molecule has 7 nitrogen and oxygen atoms in total. The van der Waals surface area contributed by atoms with Crippen LogP contribution < -0.4 is 10.6 Å². The lowest BCUT2D eigenvalue weighted by Crippen LogP contribution is -2.28. The lowest BCUT2D eigenvalue weighted by molar-refractivity contribution is -0.137. The summed E-state index contributed by atoms with van der Waals surface area (Å²) in [5.41, 5.74) is 1.12. The first-order chi connectivity index (χ1) is 16.2. The molecule has 2 aromatic carbocycles. The van der Waals surface area contributed by atoms with Crippen molar-refractivity contribution >= 4 is 29.3 Å². The quantitative estimate of drug-likeness (QED) is 0.396. The van der Waals surface area contributed by atoms with Crippen molar-refractivity contribution < 1.29 is 27.9 Å². The van der Waals surface area contributed by atoms with Crippen LogP contribution in [0.5, 0.6) is 0 Å². The van der Waals surface area contributed by atoms with Gasteiger partial charge in [0.1, 0.15) is 6.54 Å². The number of alkyl halides is 3. The number of rotatable bonds is 9. The Bertz CT molecular complexity index is 1150. The van der Waals surface area contributed by atoms with Gasteiger partial charge in [-0.1, -0.05) is 53.7 Å². The van der Waals surface area contributed by atoms with Gasteiger partial charge in [0, 0.05) is 6.54 Å². The molecule has 0 fully saturated rings. The summed E-state index contributed by atoms with van der Waals surface area (Å²) in [6.07, 6.45) is -3.22. The number of anilines is 1. The number of carbonyl (C=O) groups is 2. The maximum atomic E-state index is 13.1. The summed E-state index contributed by atoms with van der Waals surface area (Å²) >= 11 is 0.949. The highest BCUT2D eigenvalue weighted by molar-refractivity contribution is 7.99.